The van der Waals surface area contributed by atoms with Crippen molar-refractivity contribution in [2.75, 3.05) is 5.75 Å². The highest BCUT2D eigenvalue weighted by atomic mass is 32.2. The second-order valence-corrected chi connectivity index (χ2v) is 7.25. The first kappa shape index (κ1) is 14.7. The summed E-state index contributed by atoms with van der Waals surface area (Å²) in [7, 11) is -0.636. The van der Waals surface area contributed by atoms with E-state index in [0.717, 1.165) is 31.7 Å². The summed E-state index contributed by atoms with van der Waals surface area (Å²) in [6.07, 6.45) is 8.62. The van der Waals surface area contributed by atoms with Crippen molar-refractivity contribution in [2.45, 2.75) is 63.9 Å². The van der Waals surface area contributed by atoms with Crippen molar-refractivity contribution < 1.29 is 4.21 Å². The molecule has 1 N–H and O–H groups in total. The highest BCUT2D eigenvalue weighted by Crippen LogP contribution is 2.23. The first-order valence-corrected chi connectivity index (χ1v) is 8.73. The number of rotatable bonds is 6. The fourth-order valence-corrected chi connectivity index (χ4v) is 4.09. The van der Waals surface area contributed by atoms with E-state index in [9.17, 15) is 4.21 Å². The van der Waals surface area contributed by atoms with Gasteiger partial charge in [0.15, 0.2) is 0 Å². The van der Waals surface area contributed by atoms with Crippen LogP contribution < -0.4 is 5.32 Å². The van der Waals surface area contributed by atoms with Crippen molar-refractivity contribution in [2.24, 2.45) is 0 Å². The van der Waals surface area contributed by atoms with Gasteiger partial charge in [-0.25, -0.2) is 0 Å². The van der Waals surface area contributed by atoms with Crippen LogP contribution in [0.2, 0.25) is 0 Å². The zero-order chi connectivity index (χ0) is 13.7. The summed E-state index contributed by atoms with van der Waals surface area (Å²) < 4.78 is 13.9. The highest BCUT2D eigenvalue weighted by Gasteiger charge is 2.25. The number of nitrogens with one attached hydrogen (secondary N) is 1. The van der Waals surface area contributed by atoms with E-state index in [1.165, 1.54) is 18.4 Å². The topological polar surface area (TPSA) is 46.9 Å². The van der Waals surface area contributed by atoms with E-state index < -0.39 is 10.8 Å². The second-order valence-electron chi connectivity index (χ2n) is 5.24. The standard InChI is InChI=1S/C14H25N3OS/c1-3-17-11-12(10-16-17)9-15-13-6-5-7-14(8-13)19(18)4-2/h10-11,13-15H,3-9H2,1-2H3. The van der Waals surface area contributed by atoms with Gasteiger partial charge in [0.2, 0.25) is 0 Å². The number of aromatic nitrogens is 2. The Morgan fingerprint density at radius 2 is 2.32 bits per heavy atom. The van der Waals surface area contributed by atoms with Gasteiger partial charge in [-0.05, 0) is 26.2 Å². The van der Waals surface area contributed by atoms with Crippen molar-refractivity contribution in [3.05, 3.63) is 18.0 Å². The van der Waals surface area contributed by atoms with Gasteiger partial charge in [0.25, 0.3) is 0 Å². The first-order chi connectivity index (χ1) is 9.22. The third kappa shape index (κ3) is 4.14. The van der Waals surface area contributed by atoms with E-state index in [4.69, 9.17) is 0 Å². The Kier molecular flexibility index (Phi) is 5.58. The van der Waals surface area contributed by atoms with Gasteiger partial charge < -0.3 is 5.32 Å². The number of hydrogen-bond acceptors (Lipinski definition) is 3. The van der Waals surface area contributed by atoms with Gasteiger partial charge in [-0.2, -0.15) is 5.10 Å². The molecule has 1 aromatic rings. The molecule has 0 aliphatic heterocycles. The minimum absolute atomic E-state index is 0.398. The lowest BCUT2D eigenvalue weighted by molar-refractivity contribution is 0.376. The Labute approximate surface area is 118 Å². The lowest BCUT2D eigenvalue weighted by Gasteiger charge is -2.29. The molecule has 1 fully saturated rings. The predicted molar refractivity (Wildman–Crippen MR) is 79.5 cm³/mol. The van der Waals surface area contributed by atoms with Crippen LogP contribution in [-0.4, -0.2) is 31.0 Å². The molecule has 1 saturated carbocycles. The largest absolute Gasteiger partial charge is 0.310 e. The zero-order valence-electron chi connectivity index (χ0n) is 12.0. The molecule has 0 bridgehead atoms. The predicted octanol–water partition coefficient (Wildman–Crippen LogP) is 2.07. The van der Waals surface area contributed by atoms with Crippen molar-refractivity contribution in [1.82, 2.24) is 15.1 Å². The van der Waals surface area contributed by atoms with Gasteiger partial charge in [-0.3, -0.25) is 8.89 Å². The number of nitrogens with zero attached hydrogens (tertiary/aromatic N) is 2. The fraction of sp³-hybridized carbons (Fsp3) is 0.786. The lowest BCUT2D eigenvalue weighted by Crippen LogP contribution is -2.37. The molecule has 0 radical (unpaired) electrons. The van der Waals surface area contributed by atoms with Crippen LogP contribution in [0.25, 0.3) is 0 Å². The average molecular weight is 283 g/mol. The normalized spacial score (nSPS) is 25.4. The molecule has 2 rings (SSSR count). The van der Waals surface area contributed by atoms with Crippen LogP contribution in [0.15, 0.2) is 12.4 Å². The van der Waals surface area contributed by atoms with Crippen LogP contribution in [0.4, 0.5) is 0 Å². The van der Waals surface area contributed by atoms with Crippen LogP contribution >= 0.6 is 0 Å². The van der Waals surface area contributed by atoms with Crippen molar-refractivity contribution in [3.8, 4) is 0 Å². The van der Waals surface area contributed by atoms with Gasteiger partial charge in [-0.15, -0.1) is 0 Å². The van der Waals surface area contributed by atoms with E-state index >= 15 is 0 Å². The summed E-state index contributed by atoms with van der Waals surface area (Å²) in [5.74, 6) is 0.792. The monoisotopic (exact) mass is 283 g/mol. The van der Waals surface area contributed by atoms with Crippen molar-refractivity contribution >= 4 is 10.8 Å². The molecule has 0 spiro atoms. The third-order valence-electron chi connectivity index (χ3n) is 3.89. The van der Waals surface area contributed by atoms with Gasteiger partial charge in [0.1, 0.15) is 0 Å². The number of hydrogen-bond donors (Lipinski definition) is 1. The van der Waals surface area contributed by atoms with E-state index in [-0.39, 0.29) is 0 Å². The molecule has 1 aliphatic carbocycles. The van der Waals surface area contributed by atoms with Crippen LogP contribution in [0, 0.1) is 0 Å². The SMILES string of the molecule is CCn1cc(CNC2CCCC(S(=O)CC)C2)cn1. The first-order valence-electron chi connectivity index (χ1n) is 7.34. The molecular weight excluding hydrogens is 258 g/mol. The van der Waals surface area contributed by atoms with E-state index in [1.54, 1.807) is 0 Å². The molecule has 3 unspecified atom stereocenters. The molecule has 1 aliphatic rings. The molecule has 0 aromatic carbocycles. The van der Waals surface area contributed by atoms with Gasteiger partial charge in [0, 0.05) is 52.7 Å². The van der Waals surface area contributed by atoms with E-state index in [1.807, 2.05) is 17.8 Å². The van der Waals surface area contributed by atoms with Crippen molar-refractivity contribution in [1.29, 1.82) is 0 Å². The maximum absolute atomic E-state index is 11.9. The molecule has 5 heteroatoms. The second kappa shape index (κ2) is 7.20. The molecule has 19 heavy (non-hydrogen) atoms. The minimum Gasteiger partial charge on any atom is -0.310 e. The Balaban J connectivity index is 1.80. The summed E-state index contributed by atoms with van der Waals surface area (Å²) in [6.45, 7) is 5.90. The maximum Gasteiger partial charge on any atom is 0.0534 e. The lowest BCUT2D eigenvalue weighted by atomic mass is 9.95. The highest BCUT2D eigenvalue weighted by molar-refractivity contribution is 7.85. The van der Waals surface area contributed by atoms with E-state index in [2.05, 4.69) is 23.5 Å². The van der Waals surface area contributed by atoms with Gasteiger partial charge in [0.05, 0.1) is 6.20 Å². The summed E-state index contributed by atoms with van der Waals surface area (Å²) in [5.41, 5.74) is 1.24. The molecule has 0 amide bonds. The molecule has 1 aromatic heterocycles. The summed E-state index contributed by atoms with van der Waals surface area (Å²) in [4.78, 5) is 0. The average Bonchev–Trinajstić information content (AvgIpc) is 2.92. The maximum atomic E-state index is 11.9. The molecular formula is C14H25N3OS. The van der Waals surface area contributed by atoms with Crippen molar-refractivity contribution in [3.63, 3.8) is 0 Å². The molecule has 1 heterocycles. The minimum atomic E-state index is -0.636. The Hall–Kier alpha value is -0.680. The molecule has 3 atom stereocenters. The molecule has 4 nitrogen and oxygen atoms in total. The third-order valence-corrected chi connectivity index (χ3v) is 5.63. The Bertz CT molecular complexity index is 419. The quantitative estimate of drug-likeness (QED) is 0.869. The fourth-order valence-electron chi connectivity index (χ4n) is 2.74. The van der Waals surface area contributed by atoms with Gasteiger partial charge in [-0.1, -0.05) is 13.3 Å². The number of aryl methyl sites for hydroxylation is 1. The van der Waals surface area contributed by atoms with Gasteiger partial charge >= 0.3 is 0 Å². The van der Waals surface area contributed by atoms with E-state index in [0.29, 0.717) is 11.3 Å². The van der Waals surface area contributed by atoms with Crippen LogP contribution in [0.5, 0.6) is 0 Å². The smallest absolute Gasteiger partial charge is 0.0534 e. The summed E-state index contributed by atoms with van der Waals surface area (Å²) in [6, 6.07) is 0.513. The van der Waals surface area contributed by atoms with Crippen LogP contribution in [0.1, 0.15) is 45.1 Å². The molecule has 108 valence electrons. The van der Waals surface area contributed by atoms with Crippen LogP contribution in [-0.2, 0) is 23.9 Å². The summed E-state index contributed by atoms with van der Waals surface area (Å²) in [5, 5.41) is 8.28. The summed E-state index contributed by atoms with van der Waals surface area (Å²) >= 11 is 0. The zero-order valence-corrected chi connectivity index (χ0v) is 12.8. The molecule has 0 saturated heterocycles. The van der Waals surface area contributed by atoms with Crippen LogP contribution in [0.3, 0.4) is 0 Å². The Morgan fingerprint density at radius 3 is 3.00 bits per heavy atom. The Morgan fingerprint density at radius 1 is 1.47 bits per heavy atom.